The van der Waals surface area contributed by atoms with Crippen molar-refractivity contribution in [3.05, 3.63) is 71.3 Å². The zero-order valence-corrected chi connectivity index (χ0v) is 15.6. The molecule has 0 saturated heterocycles. The molecule has 3 heterocycles. The van der Waals surface area contributed by atoms with Crippen molar-refractivity contribution >= 4 is 27.3 Å². The van der Waals surface area contributed by atoms with Crippen molar-refractivity contribution in [2.45, 2.75) is 11.3 Å². The van der Waals surface area contributed by atoms with Crippen LogP contribution in [0.1, 0.15) is 11.1 Å². The van der Waals surface area contributed by atoms with Gasteiger partial charge in [-0.05, 0) is 41.8 Å². The predicted molar refractivity (Wildman–Crippen MR) is 102 cm³/mol. The van der Waals surface area contributed by atoms with E-state index >= 15 is 0 Å². The minimum Gasteiger partial charge on any atom is -0.264 e. The van der Waals surface area contributed by atoms with Crippen molar-refractivity contribution in [3.63, 3.8) is 0 Å². The van der Waals surface area contributed by atoms with Crippen LogP contribution in [0.5, 0.6) is 0 Å². The predicted octanol–water partition coefficient (Wildman–Crippen LogP) is 3.42. The number of hydrogen-bond acceptors (Lipinski definition) is 5. The third-order valence-electron chi connectivity index (χ3n) is 4.48. The molecule has 0 unspecified atom stereocenters. The molecule has 0 saturated carbocycles. The highest BCUT2D eigenvalue weighted by molar-refractivity contribution is 7.92. The number of pyridine rings is 2. The fraction of sp³-hybridized carbons (Fsp3) is 0.105. The lowest BCUT2D eigenvalue weighted by Crippen LogP contribution is -2.29. The van der Waals surface area contributed by atoms with E-state index < -0.39 is 10.0 Å². The molecule has 0 radical (unpaired) electrons. The van der Waals surface area contributed by atoms with Gasteiger partial charge < -0.3 is 0 Å². The monoisotopic (exact) mass is 396 g/mol. The lowest BCUT2D eigenvalue weighted by atomic mass is 9.99. The van der Waals surface area contributed by atoms with Crippen molar-refractivity contribution < 1.29 is 8.42 Å². The third kappa shape index (κ3) is 3.03. The van der Waals surface area contributed by atoms with E-state index in [1.807, 2.05) is 12.1 Å². The van der Waals surface area contributed by atoms with Gasteiger partial charge in [-0.15, -0.1) is 0 Å². The topological polar surface area (TPSA) is 87.0 Å². The van der Waals surface area contributed by atoms with Crippen LogP contribution in [0.25, 0.3) is 11.1 Å². The Hall–Kier alpha value is -2.95. The van der Waals surface area contributed by atoms with E-state index in [4.69, 9.17) is 16.9 Å². The maximum atomic E-state index is 13.0. The summed E-state index contributed by atoms with van der Waals surface area (Å²) in [5.41, 5.74) is 3.81. The van der Waals surface area contributed by atoms with Crippen LogP contribution in [0, 0.1) is 11.3 Å². The molecule has 1 aromatic carbocycles. The van der Waals surface area contributed by atoms with Gasteiger partial charge in [0.05, 0.1) is 23.5 Å². The SMILES string of the molecule is N#Cc1ccc(-c2cncc3c2CCN3S(=O)(=O)c2ccc(Cl)nc2)cc1. The van der Waals surface area contributed by atoms with E-state index in [1.165, 1.54) is 22.6 Å². The number of sulfonamides is 1. The number of fused-ring (bicyclic) bond motifs is 1. The number of nitrogens with zero attached hydrogens (tertiary/aromatic N) is 4. The lowest BCUT2D eigenvalue weighted by molar-refractivity contribution is 0.592. The Labute approximate surface area is 161 Å². The van der Waals surface area contributed by atoms with Crippen molar-refractivity contribution in [2.75, 3.05) is 10.8 Å². The van der Waals surface area contributed by atoms with Gasteiger partial charge in [0.15, 0.2) is 0 Å². The lowest BCUT2D eigenvalue weighted by Gasteiger charge is -2.19. The molecule has 0 amide bonds. The Morgan fingerprint density at radius 1 is 1.07 bits per heavy atom. The van der Waals surface area contributed by atoms with E-state index in [2.05, 4.69) is 16.0 Å². The van der Waals surface area contributed by atoms with Crippen LogP contribution in [-0.4, -0.2) is 24.9 Å². The highest BCUT2D eigenvalue weighted by atomic mass is 35.5. The zero-order valence-electron chi connectivity index (χ0n) is 14.0. The van der Waals surface area contributed by atoms with Crippen molar-refractivity contribution in [3.8, 4) is 17.2 Å². The van der Waals surface area contributed by atoms with Gasteiger partial charge in [0, 0.05) is 24.5 Å². The normalized spacial score (nSPS) is 13.3. The molecule has 4 rings (SSSR count). The maximum Gasteiger partial charge on any atom is 0.265 e. The number of benzene rings is 1. The molecule has 0 bridgehead atoms. The summed E-state index contributed by atoms with van der Waals surface area (Å²) >= 11 is 5.76. The highest BCUT2D eigenvalue weighted by Gasteiger charge is 2.32. The Bertz CT molecular complexity index is 1150. The van der Waals surface area contributed by atoms with Crippen molar-refractivity contribution in [1.82, 2.24) is 9.97 Å². The zero-order chi connectivity index (χ0) is 19.0. The van der Waals surface area contributed by atoms with Crippen LogP contribution < -0.4 is 4.31 Å². The molecule has 0 aliphatic carbocycles. The van der Waals surface area contributed by atoms with Crippen LogP contribution in [0.3, 0.4) is 0 Å². The number of aromatic nitrogens is 2. The van der Waals surface area contributed by atoms with Gasteiger partial charge in [-0.3, -0.25) is 9.29 Å². The smallest absolute Gasteiger partial charge is 0.264 e. The van der Waals surface area contributed by atoms with Gasteiger partial charge in [-0.25, -0.2) is 13.4 Å². The second kappa shape index (κ2) is 6.65. The van der Waals surface area contributed by atoms with Gasteiger partial charge >= 0.3 is 0 Å². The molecule has 0 spiro atoms. The molecule has 0 fully saturated rings. The Balaban J connectivity index is 1.77. The van der Waals surface area contributed by atoms with E-state index in [0.717, 1.165) is 16.7 Å². The Morgan fingerprint density at radius 3 is 2.52 bits per heavy atom. The van der Waals surface area contributed by atoms with Crippen LogP contribution >= 0.6 is 11.6 Å². The summed E-state index contributed by atoms with van der Waals surface area (Å²) in [7, 11) is -3.75. The number of anilines is 1. The van der Waals surface area contributed by atoms with Gasteiger partial charge in [-0.2, -0.15) is 5.26 Å². The summed E-state index contributed by atoms with van der Waals surface area (Å²) in [4.78, 5) is 8.20. The molecule has 2 aromatic heterocycles. The van der Waals surface area contributed by atoms with Crippen molar-refractivity contribution in [2.24, 2.45) is 0 Å². The molecule has 6 nitrogen and oxygen atoms in total. The molecule has 1 aliphatic rings. The summed E-state index contributed by atoms with van der Waals surface area (Å²) in [5, 5.41) is 9.19. The second-order valence-corrected chi connectivity index (χ2v) is 8.27. The van der Waals surface area contributed by atoms with Crippen LogP contribution in [0.15, 0.2) is 59.9 Å². The number of rotatable bonds is 3. The van der Waals surface area contributed by atoms with Crippen LogP contribution in [0.2, 0.25) is 5.15 Å². The van der Waals surface area contributed by atoms with Crippen molar-refractivity contribution in [1.29, 1.82) is 5.26 Å². The number of hydrogen-bond donors (Lipinski definition) is 0. The van der Waals surface area contributed by atoms with Gasteiger partial charge in [-0.1, -0.05) is 23.7 Å². The number of nitriles is 1. The highest BCUT2D eigenvalue weighted by Crippen LogP contribution is 2.38. The van der Waals surface area contributed by atoms with Crippen LogP contribution in [-0.2, 0) is 16.4 Å². The molecule has 27 heavy (non-hydrogen) atoms. The first-order valence-corrected chi connectivity index (χ1v) is 9.94. The standard InChI is InChI=1S/C19H13ClN4O2S/c20-19-6-5-15(10-23-19)27(25,26)24-8-7-16-17(11-22-12-18(16)24)14-3-1-13(9-21)2-4-14/h1-6,10-12H,7-8H2. The van der Waals surface area contributed by atoms with E-state index in [0.29, 0.717) is 24.2 Å². The molecule has 0 N–H and O–H groups in total. The van der Waals surface area contributed by atoms with Gasteiger partial charge in [0.2, 0.25) is 0 Å². The van der Waals surface area contributed by atoms with Crippen LogP contribution in [0.4, 0.5) is 5.69 Å². The second-order valence-electron chi connectivity index (χ2n) is 6.02. The van der Waals surface area contributed by atoms with E-state index in [-0.39, 0.29) is 10.0 Å². The molecular formula is C19H13ClN4O2S. The Kier molecular flexibility index (Phi) is 4.30. The average molecular weight is 397 g/mol. The third-order valence-corrected chi connectivity index (χ3v) is 6.50. The minimum atomic E-state index is -3.75. The molecule has 134 valence electrons. The Morgan fingerprint density at radius 2 is 1.85 bits per heavy atom. The molecule has 0 atom stereocenters. The summed E-state index contributed by atoms with van der Waals surface area (Å²) in [6, 6.07) is 12.1. The molecular weight excluding hydrogens is 384 g/mol. The van der Waals surface area contributed by atoms with Gasteiger partial charge in [0.25, 0.3) is 10.0 Å². The first kappa shape index (κ1) is 17.5. The fourth-order valence-corrected chi connectivity index (χ4v) is 4.69. The molecule has 8 heteroatoms. The summed E-state index contributed by atoms with van der Waals surface area (Å²) < 4.78 is 27.4. The maximum absolute atomic E-state index is 13.0. The quantitative estimate of drug-likeness (QED) is 0.633. The largest absolute Gasteiger partial charge is 0.265 e. The van der Waals surface area contributed by atoms with E-state index in [1.54, 1.807) is 24.5 Å². The summed E-state index contributed by atoms with van der Waals surface area (Å²) in [5.74, 6) is 0. The summed E-state index contributed by atoms with van der Waals surface area (Å²) in [6.45, 7) is 0.329. The first-order valence-electron chi connectivity index (χ1n) is 8.12. The fourth-order valence-electron chi connectivity index (χ4n) is 3.15. The molecule has 3 aromatic rings. The number of halogens is 1. The van der Waals surface area contributed by atoms with E-state index in [9.17, 15) is 8.42 Å². The first-order chi connectivity index (χ1) is 13.0. The van der Waals surface area contributed by atoms with Gasteiger partial charge in [0.1, 0.15) is 10.0 Å². The average Bonchev–Trinajstić information content (AvgIpc) is 3.13. The minimum absolute atomic E-state index is 0.0866. The molecule has 1 aliphatic heterocycles. The summed E-state index contributed by atoms with van der Waals surface area (Å²) in [6.07, 6.45) is 5.12.